The number of carbonyl (C=O) groups excluding carboxylic acids is 1. The number of pyridine rings is 1. The van der Waals surface area contributed by atoms with Gasteiger partial charge in [-0.2, -0.15) is 0 Å². The summed E-state index contributed by atoms with van der Waals surface area (Å²) in [4.78, 5) is 16.6. The van der Waals surface area contributed by atoms with Crippen molar-refractivity contribution < 1.29 is 9.53 Å². The monoisotopic (exact) mass is 317 g/mol. The summed E-state index contributed by atoms with van der Waals surface area (Å²) in [5.41, 5.74) is 1.02. The number of hydrogen-bond donors (Lipinski definition) is 0. The summed E-state index contributed by atoms with van der Waals surface area (Å²) in [6.45, 7) is 4.32. The van der Waals surface area contributed by atoms with E-state index in [0.717, 1.165) is 30.9 Å². The molecule has 0 amide bonds. The van der Waals surface area contributed by atoms with Crippen LogP contribution in [0.25, 0.3) is 0 Å². The van der Waals surface area contributed by atoms with Crippen molar-refractivity contribution in [2.24, 2.45) is 11.8 Å². The Morgan fingerprint density at radius 2 is 1.91 bits per heavy atom. The van der Waals surface area contributed by atoms with Crippen molar-refractivity contribution in [3.05, 3.63) is 24.0 Å². The predicted molar refractivity (Wildman–Crippen MR) is 93.5 cm³/mol. The molecule has 1 aromatic heterocycles. The van der Waals surface area contributed by atoms with E-state index < -0.39 is 0 Å². The molecule has 0 N–H and O–H groups in total. The highest BCUT2D eigenvalue weighted by Gasteiger charge is 2.27. The minimum Gasteiger partial charge on any atom is -0.425 e. The molecule has 0 radical (unpaired) electrons. The van der Waals surface area contributed by atoms with Gasteiger partial charge >= 0.3 is 5.97 Å². The maximum absolute atomic E-state index is 12.3. The fourth-order valence-electron chi connectivity index (χ4n) is 3.43. The van der Waals surface area contributed by atoms with Crippen LogP contribution >= 0.6 is 0 Å². The van der Waals surface area contributed by atoms with Crippen molar-refractivity contribution in [3.63, 3.8) is 0 Å². The molecule has 3 heteroatoms. The average Bonchev–Trinajstić information content (AvgIpc) is 2.60. The SMILES string of the molecule is CCCCCCC1CCC(C(=O)Oc2ccc(CC)nc2)CC1. The van der Waals surface area contributed by atoms with E-state index in [1.807, 2.05) is 12.1 Å². The summed E-state index contributed by atoms with van der Waals surface area (Å²) in [7, 11) is 0. The molecular formula is C20H31NO2. The van der Waals surface area contributed by atoms with Crippen LogP contribution < -0.4 is 4.74 Å². The Kier molecular flexibility index (Phi) is 7.57. The number of nitrogens with zero attached hydrogens (tertiary/aromatic N) is 1. The summed E-state index contributed by atoms with van der Waals surface area (Å²) in [5.74, 6) is 1.41. The zero-order chi connectivity index (χ0) is 16.5. The maximum Gasteiger partial charge on any atom is 0.314 e. The van der Waals surface area contributed by atoms with E-state index in [0.29, 0.717) is 5.75 Å². The Hall–Kier alpha value is -1.38. The minimum absolute atomic E-state index is 0.0690. The molecule has 0 aromatic carbocycles. The highest BCUT2D eigenvalue weighted by Crippen LogP contribution is 2.33. The second-order valence-electron chi connectivity index (χ2n) is 6.83. The third-order valence-corrected chi connectivity index (χ3v) is 5.02. The van der Waals surface area contributed by atoms with Crippen LogP contribution in [0.2, 0.25) is 0 Å². The van der Waals surface area contributed by atoms with Gasteiger partial charge in [-0.3, -0.25) is 9.78 Å². The van der Waals surface area contributed by atoms with Gasteiger partial charge in [0.25, 0.3) is 0 Å². The number of carbonyl (C=O) groups is 1. The van der Waals surface area contributed by atoms with E-state index in [4.69, 9.17) is 4.74 Å². The zero-order valence-corrected chi connectivity index (χ0v) is 14.7. The van der Waals surface area contributed by atoms with Crippen molar-refractivity contribution in [2.45, 2.75) is 78.1 Å². The van der Waals surface area contributed by atoms with E-state index in [1.165, 1.54) is 44.9 Å². The molecule has 1 aliphatic rings. The van der Waals surface area contributed by atoms with Crippen LogP contribution in [0.3, 0.4) is 0 Å². The molecule has 23 heavy (non-hydrogen) atoms. The Morgan fingerprint density at radius 3 is 2.52 bits per heavy atom. The zero-order valence-electron chi connectivity index (χ0n) is 14.7. The van der Waals surface area contributed by atoms with Gasteiger partial charge in [0.1, 0.15) is 5.75 Å². The van der Waals surface area contributed by atoms with Gasteiger partial charge in [0.15, 0.2) is 0 Å². The van der Waals surface area contributed by atoms with Crippen molar-refractivity contribution >= 4 is 5.97 Å². The largest absolute Gasteiger partial charge is 0.425 e. The number of aromatic nitrogens is 1. The summed E-state index contributed by atoms with van der Waals surface area (Å²) < 4.78 is 5.50. The molecule has 1 heterocycles. The van der Waals surface area contributed by atoms with Crippen molar-refractivity contribution in [3.8, 4) is 5.75 Å². The van der Waals surface area contributed by atoms with E-state index in [2.05, 4.69) is 18.8 Å². The second-order valence-corrected chi connectivity index (χ2v) is 6.83. The van der Waals surface area contributed by atoms with E-state index in [9.17, 15) is 4.79 Å². The first-order chi connectivity index (χ1) is 11.2. The van der Waals surface area contributed by atoms with E-state index in [-0.39, 0.29) is 11.9 Å². The van der Waals surface area contributed by atoms with Gasteiger partial charge in [0, 0.05) is 5.69 Å². The van der Waals surface area contributed by atoms with Crippen LogP contribution in [0.15, 0.2) is 18.3 Å². The Balaban J connectivity index is 1.70. The molecule has 0 saturated heterocycles. The van der Waals surface area contributed by atoms with E-state index in [1.54, 1.807) is 6.20 Å². The Labute approximate surface area is 140 Å². The summed E-state index contributed by atoms with van der Waals surface area (Å²) in [6.07, 6.45) is 13.6. The first kappa shape index (κ1) is 18.0. The predicted octanol–water partition coefficient (Wildman–Crippen LogP) is 5.33. The van der Waals surface area contributed by atoms with Gasteiger partial charge in [0.2, 0.25) is 0 Å². The van der Waals surface area contributed by atoms with Crippen LogP contribution in [0.1, 0.15) is 77.3 Å². The summed E-state index contributed by atoms with van der Waals surface area (Å²) in [5, 5.41) is 0. The lowest BCUT2D eigenvalue weighted by Crippen LogP contribution is -2.25. The van der Waals surface area contributed by atoms with Crippen molar-refractivity contribution in [1.29, 1.82) is 0 Å². The van der Waals surface area contributed by atoms with Crippen LogP contribution in [0, 0.1) is 11.8 Å². The molecule has 0 aliphatic heterocycles. The first-order valence-corrected chi connectivity index (χ1v) is 9.39. The van der Waals surface area contributed by atoms with Crippen LogP contribution in [-0.2, 0) is 11.2 Å². The molecular weight excluding hydrogens is 286 g/mol. The fraction of sp³-hybridized carbons (Fsp3) is 0.700. The fourth-order valence-corrected chi connectivity index (χ4v) is 3.43. The topological polar surface area (TPSA) is 39.2 Å². The first-order valence-electron chi connectivity index (χ1n) is 9.39. The van der Waals surface area contributed by atoms with Crippen LogP contribution in [0.4, 0.5) is 0 Å². The van der Waals surface area contributed by atoms with Gasteiger partial charge in [-0.25, -0.2) is 0 Å². The van der Waals surface area contributed by atoms with E-state index >= 15 is 0 Å². The highest BCUT2D eigenvalue weighted by molar-refractivity contribution is 5.75. The lowest BCUT2D eigenvalue weighted by atomic mass is 9.80. The Morgan fingerprint density at radius 1 is 1.13 bits per heavy atom. The third kappa shape index (κ3) is 5.96. The number of aryl methyl sites for hydroxylation is 1. The molecule has 3 nitrogen and oxygen atoms in total. The molecule has 0 bridgehead atoms. The quantitative estimate of drug-likeness (QED) is 0.481. The molecule has 1 fully saturated rings. The number of ether oxygens (including phenoxy) is 1. The molecule has 1 aliphatic carbocycles. The Bertz CT molecular complexity index is 461. The van der Waals surface area contributed by atoms with Gasteiger partial charge in [-0.1, -0.05) is 46.0 Å². The van der Waals surface area contributed by atoms with Gasteiger partial charge in [0.05, 0.1) is 12.1 Å². The molecule has 128 valence electrons. The number of rotatable bonds is 8. The summed E-state index contributed by atoms with van der Waals surface area (Å²) >= 11 is 0. The smallest absolute Gasteiger partial charge is 0.314 e. The van der Waals surface area contributed by atoms with Gasteiger partial charge < -0.3 is 4.74 Å². The minimum atomic E-state index is -0.0690. The third-order valence-electron chi connectivity index (χ3n) is 5.02. The number of unbranched alkanes of at least 4 members (excludes halogenated alkanes) is 3. The molecule has 1 saturated carbocycles. The molecule has 1 aromatic rings. The normalized spacial score (nSPS) is 21.1. The maximum atomic E-state index is 12.3. The molecule has 2 rings (SSSR count). The van der Waals surface area contributed by atoms with Crippen LogP contribution in [-0.4, -0.2) is 11.0 Å². The van der Waals surface area contributed by atoms with Crippen molar-refractivity contribution in [1.82, 2.24) is 4.98 Å². The highest BCUT2D eigenvalue weighted by atomic mass is 16.5. The number of esters is 1. The average molecular weight is 317 g/mol. The second kappa shape index (κ2) is 9.69. The lowest BCUT2D eigenvalue weighted by molar-refractivity contribution is -0.140. The van der Waals surface area contributed by atoms with Gasteiger partial charge in [-0.15, -0.1) is 0 Å². The molecule has 0 atom stereocenters. The lowest BCUT2D eigenvalue weighted by Gasteiger charge is -2.27. The standard InChI is InChI=1S/C20H31NO2/c1-3-5-6-7-8-16-9-11-17(12-10-16)20(22)23-19-14-13-18(4-2)21-15-19/h13-17H,3-12H2,1-2H3. The summed E-state index contributed by atoms with van der Waals surface area (Å²) in [6, 6.07) is 3.78. The van der Waals surface area contributed by atoms with Crippen molar-refractivity contribution in [2.75, 3.05) is 0 Å². The van der Waals surface area contributed by atoms with Crippen LogP contribution in [0.5, 0.6) is 5.75 Å². The molecule has 0 spiro atoms. The number of hydrogen-bond acceptors (Lipinski definition) is 3. The molecule has 0 unspecified atom stereocenters. The van der Waals surface area contributed by atoms with Gasteiger partial charge in [-0.05, 0) is 50.2 Å².